The average Bonchev–Trinajstić information content (AvgIpc) is 3.12. The van der Waals surface area contributed by atoms with E-state index >= 15 is 0 Å². The number of nitrogens with zero attached hydrogens (tertiary/aromatic N) is 2. The first-order valence-electron chi connectivity index (χ1n) is 8.39. The summed E-state index contributed by atoms with van der Waals surface area (Å²) in [5.41, 5.74) is 0.801. The molecule has 1 aliphatic heterocycles. The van der Waals surface area contributed by atoms with Crippen molar-refractivity contribution in [1.29, 1.82) is 0 Å². The summed E-state index contributed by atoms with van der Waals surface area (Å²) in [5.74, 6) is 2.15. The lowest BCUT2D eigenvalue weighted by atomic mass is 10.1. The lowest BCUT2D eigenvalue weighted by molar-refractivity contribution is -0.124. The minimum Gasteiger partial charge on any atom is -0.497 e. The number of benzene rings is 1. The summed E-state index contributed by atoms with van der Waals surface area (Å²) in [6.45, 7) is 2.65. The molecule has 0 N–H and O–H groups in total. The van der Waals surface area contributed by atoms with Gasteiger partial charge in [-0.3, -0.25) is 9.59 Å². The summed E-state index contributed by atoms with van der Waals surface area (Å²) in [6, 6.07) is 10.3. The molecule has 1 aliphatic rings. The summed E-state index contributed by atoms with van der Waals surface area (Å²) >= 11 is 1.63. The maximum Gasteiger partial charge on any atom is 0.290 e. The van der Waals surface area contributed by atoms with Crippen molar-refractivity contribution in [2.45, 2.75) is 18.7 Å². The van der Waals surface area contributed by atoms with E-state index in [2.05, 4.69) is 0 Å². The largest absolute Gasteiger partial charge is 0.497 e. The SMILES string of the molecule is COc1ccc(N2CCN(C(=O)c3ccc(CSC)o3)[C@H](C)C2=O)cc1. The topological polar surface area (TPSA) is 63.0 Å². The highest BCUT2D eigenvalue weighted by Crippen LogP contribution is 2.24. The van der Waals surface area contributed by atoms with E-state index in [-0.39, 0.29) is 17.6 Å². The van der Waals surface area contributed by atoms with Crippen LogP contribution in [0.5, 0.6) is 5.75 Å². The molecule has 0 aliphatic carbocycles. The van der Waals surface area contributed by atoms with E-state index in [1.807, 2.05) is 36.6 Å². The van der Waals surface area contributed by atoms with Crippen molar-refractivity contribution >= 4 is 29.3 Å². The Kier molecular flexibility index (Phi) is 5.56. The summed E-state index contributed by atoms with van der Waals surface area (Å²) < 4.78 is 10.8. The second kappa shape index (κ2) is 7.86. The molecule has 1 atom stereocenters. The van der Waals surface area contributed by atoms with Crippen molar-refractivity contribution in [3.63, 3.8) is 0 Å². The molecule has 138 valence electrons. The van der Waals surface area contributed by atoms with Gasteiger partial charge in [-0.25, -0.2) is 0 Å². The zero-order chi connectivity index (χ0) is 18.7. The summed E-state index contributed by atoms with van der Waals surface area (Å²) in [6.07, 6.45) is 1.98. The van der Waals surface area contributed by atoms with Crippen molar-refractivity contribution < 1.29 is 18.7 Å². The number of hydrogen-bond acceptors (Lipinski definition) is 5. The molecule has 3 rings (SSSR count). The Morgan fingerprint density at radius 2 is 1.96 bits per heavy atom. The number of methoxy groups -OCH3 is 1. The molecule has 0 bridgehead atoms. The van der Waals surface area contributed by atoms with E-state index < -0.39 is 6.04 Å². The van der Waals surface area contributed by atoms with E-state index in [4.69, 9.17) is 9.15 Å². The highest BCUT2D eigenvalue weighted by molar-refractivity contribution is 7.97. The zero-order valence-corrected chi connectivity index (χ0v) is 15.9. The van der Waals surface area contributed by atoms with Gasteiger partial charge in [0.1, 0.15) is 17.6 Å². The fourth-order valence-electron chi connectivity index (χ4n) is 3.02. The summed E-state index contributed by atoms with van der Waals surface area (Å²) in [7, 11) is 1.60. The molecular weight excluding hydrogens is 352 g/mol. The molecule has 1 fully saturated rings. The van der Waals surface area contributed by atoms with Crippen molar-refractivity contribution in [3.8, 4) is 5.75 Å². The van der Waals surface area contributed by atoms with Gasteiger partial charge in [0.2, 0.25) is 5.91 Å². The maximum absolute atomic E-state index is 12.8. The number of amides is 2. The molecule has 1 saturated heterocycles. The number of carbonyl (C=O) groups excluding carboxylic acids is 2. The van der Waals surface area contributed by atoms with E-state index in [9.17, 15) is 9.59 Å². The van der Waals surface area contributed by atoms with Gasteiger partial charge >= 0.3 is 0 Å². The van der Waals surface area contributed by atoms with Gasteiger partial charge in [-0.2, -0.15) is 11.8 Å². The Hall–Kier alpha value is -2.41. The van der Waals surface area contributed by atoms with E-state index in [1.165, 1.54) is 0 Å². The minimum absolute atomic E-state index is 0.106. The zero-order valence-electron chi connectivity index (χ0n) is 15.1. The molecule has 1 aromatic carbocycles. The average molecular weight is 374 g/mol. The van der Waals surface area contributed by atoms with Crippen molar-refractivity contribution in [2.75, 3.05) is 31.4 Å². The van der Waals surface area contributed by atoms with Crippen LogP contribution in [-0.2, 0) is 10.5 Å². The number of ether oxygens (including phenoxy) is 1. The number of piperazine rings is 1. The molecule has 6 nitrogen and oxygen atoms in total. The van der Waals surface area contributed by atoms with Crippen LogP contribution in [0.1, 0.15) is 23.2 Å². The first-order chi connectivity index (χ1) is 12.5. The summed E-state index contributed by atoms with van der Waals surface area (Å²) in [4.78, 5) is 28.8. The van der Waals surface area contributed by atoms with Crippen LogP contribution in [0.3, 0.4) is 0 Å². The smallest absolute Gasteiger partial charge is 0.290 e. The van der Waals surface area contributed by atoms with Gasteiger partial charge in [0.15, 0.2) is 5.76 Å². The third kappa shape index (κ3) is 3.58. The van der Waals surface area contributed by atoms with Crippen LogP contribution in [0.2, 0.25) is 0 Å². The molecule has 2 aromatic rings. The van der Waals surface area contributed by atoms with Gasteiger partial charge in [0, 0.05) is 18.8 Å². The number of thioether (sulfide) groups is 1. The highest BCUT2D eigenvalue weighted by atomic mass is 32.2. The van der Waals surface area contributed by atoms with Crippen molar-refractivity contribution in [3.05, 3.63) is 47.9 Å². The normalized spacial score (nSPS) is 17.5. The lowest BCUT2D eigenvalue weighted by Gasteiger charge is -2.38. The summed E-state index contributed by atoms with van der Waals surface area (Å²) in [5, 5.41) is 0. The van der Waals surface area contributed by atoms with Gasteiger partial charge in [0.25, 0.3) is 5.91 Å². The fraction of sp³-hybridized carbons (Fsp3) is 0.368. The van der Waals surface area contributed by atoms with Crippen LogP contribution < -0.4 is 9.64 Å². The van der Waals surface area contributed by atoms with Crippen molar-refractivity contribution in [2.24, 2.45) is 0 Å². The molecule has 0 radical (unpaired) electrons. The predicted molar refractivity (Wildman–Crippen MR) is 102 cm³/mol. The first kappa shape index (κ1) is 18.4. The Balaban J connectivity index is 1.72. The molecule has 0 unspecified atom stereocenters. The van der Waals surface area contributed by atoms with Crippen LogP contribution in [0.25, 0.3) is 0 Å². The second-order valence-electron chi connectivity index (χ2n) is 6.06. The van der Waals surface area contributed by atoms with Gasteiger partial charge in [-0.1, -0.05) is 0 Å². The Bertz CT molecular complexity index is 787. The molecule has 26 heavy (non-hydrogen) atoms. The third-order valence-corrected chi connectivity index (χ3v) is 5.03. The molecule has 0 spiro atoms. The number of furan rings is 1. The van der Waals surface area contributed by atoms with Crippen LogP contribution in [0.4, 0.5) is 5.69 Å². The van der Waals surface area contributed by atoms with E-state index in [1.54, 1.807) is 41.7 Å². The fourth-order valence-corrected chi connectivity index (χ4v) is 3.46. The maximum atomic E-state index is 12.8. The second-order valence-corrected chi connectivity index (χ2v) is 6.93. The Labute approximate surface area is 157 Å². The molecular formula is C19H22N2O4S. The molecule has 1 aromatic heterocycles. The monoisotopic (exact) mass is 374 g/mol. The molecule has 2 amide bonds. The van der Waals surface area contributed by atoms with Gasteiger partial charge in [-0.15, -0.1) is 0 Å². The third-order valence-electron chi connectivity index (χ3n) is 4.46. The van der Waals surface area contributed by atoms with Crippen LogP contribution >= 0.6 is 11.8 Å². The van der Waals surface area contributed by atoms with Gasteiger partial charge < -0.3 is 19.0 Å². The van der Waals surface area contributed by atoms with E-state index in [0.717, 1.165) is 17.2 Å². The Morgan fingerprint density at radius 1 is 1.23 bits per heavy atom. The van der Waals surface area contributed by atoms with Crippen LogP contribution in [0.15, 0.2) is 40.8 Å². The minimum atomic E-state index is -0.549. The standard InChI is InChI=1S/C19H22N2O4S/c1-13-18(22)21(14-4-6-15(24-2)7-5-14)11-10-20(13)19(23)17-9-8-16(25-17)12-26-3/h4-9,13H,10-12H2,1-3H3/t13-/m1/s1. The Morgan fingerprint density at radius 3 is 2.62 bits per heavy atom. The van der Waals surface area contributed by atoms with Gasteiger partial charge in [-0.05, 0) is 49.6 Å². The quantitative estimate of drug-likeness (QED) is 0.805. The molecule has 0 saturated carbocycles. The number of carbonyl (C=O) groups is 2. The first-order valence-corrected chi connectivity index (χ1v) is 9.78. The molecule has 2 heterocycles. The number of hydrogen-bond donors (Lipinski definition) is 0. The number of anilines is 1. The number of rotatable bonds is 5. The molecule has 7 heteroatoms. The highest BCUT2D eigenvalue weighted by Gasteiger charge is 2.36. The van der Waals surface area contributed by atoms with Crippen LogP contribution in [-0.4, -0.2) is 49.2 Å². The van der Waals surface area contributed by atoms with Crippen LogP contribution in [0, 0.1) is 0 Å². The van der Waals surface area contributed by atoms with Crippen molar-refractivity contribution in [1.82, 2.24) is 4.90 Å². The predicted octanol–water partition coefficient (Wildman–Crippen LogP) is 3.03. The van der Waals surface area contributed by atoms with Gasteiger partial charge in [0.05, 0.1) is 12.9 Å². The van der Waals surface area contributed by atoms with E-state index in [0.29, 0.717) is 18.8 Å². The lowest BCUT2D eigenvalue weighted by Crippen LogP contribution is -2.57.